The van der Waals surface area contributed by atoms with E-state index in [2.05, 4.69) is 32.3 Å². The Morgan fingerprint density at radius 1 is 1.24 bits per heavy atom. The Morgan fingerprint density at radius 2 is 1.96 bits per heavy atom. The Labute approximate surface area is 149 Å². The molecule has 138 valence electrons. The van der Waals surface area contributed by atoms with E-state index in [4.69, 9.17) is 4.74 Å². The smallest absolute Gasteiger partial charge is 0.409 e. The van der Waals surface area contributed by atoms with Crippen molar-refractivity contribution in [1.82, 2.24) is 20.1 Å². The standard InChI is InChI=1S/C17H28N6O2/c1-3-25-17(24)23-10-6-14(7-11-23)19-16-20-15(12-18-21-16)22-8-4-13(2)5-9-22/h12-14H,3-11H2,1-2H3,(H,19,20,21). The van der Waals surface area contributed by atoms with Crippen LogP contribution in [0.3, 0.4) is 0 Å². The maximum absolute atomic E-state index is 11.7. The molecule has 2 aliphatic heterocycles. The zero-order chi connectivity index (χ0) is 17.6. The average molecular weight is 348 g/mol. The van der Waals surface area contributed by atoms with Crippen LogP contribution >= 0.6 is 0 Å². The summed E-state index contributed by atoms with van der Waals surface area (Å²) in [5, 5.41) is 11.6. The van der Waals surface area contributed by atoms with Gasteiger partial charge in [0.05, 0.1) is 12.8 Å². The molecular formula is C17H28N6O2. The minimum absolute atomic E-state index is 0.222. The van der Waals surface area contributed by atoms with E-state index in [1.165, 1.54) is 12.8 Å². The molecule has 0 saturated carbocycles. The highest BCUT2D eigenvalue weighted by Gasteiger charge is 2.24. The third-order valence-electron chi connectivity index (χ3n) is 5.01. The van der Waals surface area contributed by atoms with Gasteiger partial charge in [-0.05, 0) is 38.5 Å². The monoisotopic (exact) mass is 348 g/mol. The van der Waals surface area contributed by atoms with Crippen LogP contribution in [0.2, 0.25) is 0 Å². The van der Waals surface area contributed by atoms with E-state index in [0.29, 0.717) is 25.6 Å². The SMILES string of the molecule is CCOC(=O)N1CCC(Nc2nncc(N3CCC(C)CC3)n2)CC1. The number of carbonyl (C=O) groups excluding carboxylic acids is 1. The van der Waals surface area contributed by atoms with Gasteiger partial charge in [0.1, 0.15) is 0 Å². The maximum Gasteiger partial charge on any atom is 0.409 e. The van der Waals surface area contributed by atoms with Gasteiger partial charge in [0, 0.05) is 32.2 Å². The number of hydrogen-bond acceptors (Lipinski definition) is 7. The number of anilines is 2. The Kier molecular flexibility index (Phi) is 5.88. The summed E-state index contributed by atoms with van der Waals surface area (Å²) >= 11 is 0. The predicted octanol–water partition coefficient (Wildman–Crippen LogP) is 2.14. The summed E-state index contributed by atoms with van der Waals surface area (Å²) in [5.74, 6) is 2.26. The maximum atomic E-state index is 11.7. The van der Waals surface area contributed by atoms with E-state index >= 15 is 0 Å². The van der Waals surface area contributed by atoms with E-state index in [1.807, 2.05) is 6.92 Å². The van der Waals surface area contributed by atoms with E-state index < -0.39 is 0 Å². The Morgan fingerprint density at radius 3 is 2.64 bits per heavy atom. The number of nitrogens with one attached hydrogen (secondary N) is 1. The van der Waals surface area contributed by atoms with Gasteiger partial charge in [-0.2, -0.15) is 10.1 Å². The molecule has 1 aromatic heterocycles. The molecule has 1 aromatic rings. The molecule has 8 heteroatoms. The van der Waals surface area contributed by atoms with Crippen molar-refractivity contribution in [1.29, 1.82) is 0 Å². The van der Waals surface area contributed by atoms with Crippen molar-refractivity contribution in [2.75, 3.05) is 43.0 Å². The predicted molar refractivity (Wildman–Crippen MR) is 95.7 cm³/mol. The lowest BCUT2D eigenvalue weighted by atomic mass is 9.99. The Hall–Kier alpha value is -2.12. The second kappa shape index (κ2) is 8.31. The first-order valence-electron chi connectivity index (χ1n) is 9.28. The third kappa shape index (κ3) is 4.70. The number of carbonyl (C=O) groups is 1. The molecule has 0 aliphatic carbocycles. The van der Waals surface area contributed by atoms with Crippen molar-refractivity contribution in [2.45, 2.75) is 45.6 Å². The van der Waals surface area contributed by atoms with Gasteiger partial charge in [0.15, 0.2) is 5.82 Å². The first kappa shape index (κ1) is 17.7. The van der Waals surface area contributed by atoms with Gasteiger partial charge < -0.3 is 19.9 Å². The average Bonchev–Trinajstić information content (AvgIpc) is 2.63. The summed E-state index contributed by atoms with van der Waals surface area (Å²) in [7, 11) is 0. The van der Waals surface area contributed by atoms with Crippen LogP contribution in [0.1, 0.15) is 39.5 Å². The zero-order valence-corrected chi connectivity index (χ0v) is 15.1. The largest absolute Gasteiger partial charge is 0.450 e. The minimum Gasteiger partial charge on any atom is -0.450 e. The number of likely N-dealkylation sites (tertiary alicyclic amines) is 1. The van der Waals surface area contributed by atoms with E-state index in [1.54, 1.807) is 11.1 Å². The second-order valence-electron chi connectivity index (χ2n) is 6.91. The molecule has 1 N–H and O–H groups in total. The molecule has 0 radical (unpaired) electrons. The lowest BCUT2D eigenvalue weighted by Gasteiger charge is -2.32. The summed E-state index contributed by atoms with van der Waals surface area (Å²) in [6, 6.07) is 0.254. The normalized spacial score (nSPS) is 19.8. The summed E-state index contributed by atoms with van der Waals surface area (Å²) in [5.41, 5.74) is 0. The highest BCUT2D eigenvalue weighted by atomic mass is 16.6. The molecule has 3 heterocycles. The molecule has 2 aliphatic rings. The lowest BCUT2D eigenvalue weighted by molar-refractivity contribution is 0.0983. The number of ether oxygens (including phenoxy) is 1. The van der Waals surface area contributed by atoms with Crippen LogP contribution in [0.15, 0.2) is 6.20 Å². The first-order valence-corrected chi connectivity index (χ1v) is 9.28. The molecule has 2 saturated heterocycles. The molecule has 0 atom stereocenters. The molecule has 1 amide bonds. The molecule has 3 rings (SSSR count). The van der Waals surface area contributed by atoms with Crippen LogP contribution in [-0.2, 0) is 4.74 Å². The van der Waals surface area contributed by atoms with Gasteiger partial charge in [-0.15, -0.1) is 5.10 Å². The van der Waals surface area contributed by atoms with Gasteiger partial charge in [0.25, 0.3) is 0 Å². The van der Waals surface area contributed by atoms with Gasteiger partial charge in [-0.3, -0.25) is 0 Å². The van der Waals surface area contributed by atoms with Crippen LogP contribution in [0, 0.1) is 5.92 Å². The number of piperidine rings is 2. The fourth-order valence-electron chi connectivity index (χ4n) is 3.35. The summed E-state index contributed by atoms with van der Waals surface area (Å²) in [6.45, 7) is 7.96. The quantitative estimate of drug-likeness (QED) is 0.892. The molecule has 25 heavy (non-hydrogen) atoms. The highest BCUT2D eigenvalue weighted by molar-refractivity contribution is 5.67. The Balaban J connectivity index is 1.52. The van der Waals surface area contributed by atoms with Crippen molar-refractivity contribution in [3.63, 3.8) is 0 Å². The fraction of sp³-hybridized carbons (Fsp3) is 0.765. The molecule has 0 aromatic carbocycles. The van der Waals surface area contributed by atoms with E-state index in [-0.39, 0.29) is 12.1 Å². The second-order valence-corrected chi connectivity index (χ2v) is 6.91. The number of hydrogen-bond donors (Lipinski definition) is 1. The van der Waals surface area contributed by atoms with Crippen LogP contribution in [0.5, 0.6) is 0 Å². The van der Waals surface area contributed by atoms with Crippen molar-refractivity contribution >= 4 is 17.9 Å². The lowest BCUT2D eigenvalue weighted by Crippen LogP contribution is -2.43. The number of aromatic nitrogens is 3. The van der Waals surface area contributed by atoms with Gasteiger partial charge in [0.2, 0.25) is 5.95 Å². The first-order chi connectivity index (χ1) is 12.2. The molecule has 8 nitrogen and oxygen atoms in total. The fourth-order valence-corrected chi connectivity index (χ4v) is 3.35. The summed E-state index contributed by atoms with van der Waals surface area (Å²) in [6.07, 6.45) is 5.62. The van der Waals surface area contributed by atoms with Crippen molar-refractivity contribution < 1.29 is 9.53 Å². The van der Waals surface area contributed by atoms with Gasteiger partial charge in [-0.25, -0.2) is 4.79 Å². The minimum atomic E-state index is -0.222. The molecule has 2 fully saturated rings. The topological polar surface area (TPSA) is 83.5 Å². The van der Waals surface area contributed by atoms with Crippen LogP contribution in [0.25, 0.3) is 0 Å². The van der Waals surface area contributed by atoms with Gasteiger partial charge >= 0.3 is 6.09 Å². The number of rotatable bonds is 4. The van der Waals surface area contributed by atoms with Crippen molar-refractivity contribution in [2.24, 2.45) is 5.92 Å². The van der Waals surface area contributed by atoms with Crippen molar-refractivity contribution in [3.05, 3.63) is 6.20 Å². The third-order valence-corrected chi connectivity index (χ3v) is 5.01. The zero-order valence-electron chi connectivity index (χ0n) is 15.1. The van der Waals surface area contributed by atoms with E-state index in [9.17, 15) is 4.79 Å². The van der Waals surface area contributed by atoms with Crippen LogP contribution in [-0.4, -0.2) is 65.0 Å². The van der Waals surface area contributed by atoms with Crippen LogP contribution < -0.4 is 10.2 Å². The number of nitrogens with zero attached hydrogens (tertiary/aromatic N) is 5. The molecular weight excluding hydrogens is 320 g/mol. The number of amides is 1. The Bertz CT molecular complexity index is 568. The summed E-state index contributed by atoms with van der Waals surface area (Å²) < 4.78 is 5.05. The summed E-state index contributed by atoms with van der Waals surface area (Å²) in [4.78, 5) is 20.4. The van der Waals surface area contributed by atoms with E-state index in [0.717, 1.165) is 37.7 Å². The van der Waals surface area contributed by atoms with Crippen LogP contribution in [0.4, 0.5) is 16.6 Å². The molecule has 0 spiro atoms. The van der Waals surface area contributed by atoms with Gasteiger partial charge in [-0.1, -0.05) is 6.92 Å². The highest BCUT2D eigenvalue weighted by Crippen LogP contribution is 2.22. The van der Waals surface area contributed by atoms with Crippen molar-refractivity contribution in [3.8, 4) is 0 Å². The molecule has 0 bridgehead atoms. The molecule has 0 unspecified atom stereocenters.